The Labute approximate surface area is 118 Å². The average Bonchev–Trinajstić information content (AvgIpc) is 2.29. The van der Waals surface area contributed by atoms with Crippen molar-refractivity contribution in [2.75, 3.05) is 0 Å². The first kappa shape index (κ1) is 15.1. The lowest BCUT2D eigenvalue weighted by Crippen LogP contribution is -2.15. The zero-order valence-electron chi connectivity index (χ0n) is 10.8. The highest BCUT2D eigenvalue weighted by molar-refractivity contribution is 6.37. The van der Waals surface area contributed by atoms with E-state index in [1.165, 1.54) is 0 Å². The van der Waals surface area contributed by atoms with Crippen molar-refractivity contribution in [3.63, 3.8) is 0 Å². The quantitative estimate of drug-likeness (QED) is 0.839. The summed E-state index contributed by atoms with van der Waals surface area (Å²) in [5.74, 6) is -0.0641. The Morgan fingerprint density at radius 3 is 2.17 bits per heavy atom. The fourth-order valence-corrected chi connectivity index (χ4v) is 2.35. The monoisotopic (exact) mass is 285 g/mol. The van der Waals surface area contributed by atoms with Crippen LogP contribution in [0.4, 0.5) is 0 Å². The van der Waals surface area contributed by atoms with Crippen LogP contribution in [-0.4, -0.2) is 5.78 Å². The fraction of sp³-hybridized carbons (Fsp3) is 0.357. The van der Waals surface area contributed by atoms with Crippen LogP contribution in [0.3, 0.4) is 0 Å². The number of rotatable bonds is 4. The van der Waals surface area contributed by atoms with Crippen molar-refractivity contribution in [2.45, 2.75) is 27.2 Å². The lowest BCUT2D eigenvalue weighted by Gasteiger charge is -2.14. The van der Waals surface area contributed by atoms with Gasteiger partial charge in [0.2, 0.25) is 0 Å². The molecule has 4 heteroatoms. The topological polar surface area (TPSA) is 43.1 Å². The van der Waals surface area contributed by atoms with Crippen LogP contribution in [0.2, 0.25) is 10.0 Å². The predicted octanol–water partition coefficient (Wildman–Crippen LogP) is 4.30. The molecule has 0 amide bonds. The molecule has 0 aromatic heterocycles. The second-order valence-corrected chi connectivity index (χ2v) is 5.18. The molecule has 98 valence electrons. The summed E-state index contributed by atoms with van der Waals surface area (Å²) in [6, 6.07) is 5.17. The van der Waals surface area contributed by atoms with Crippen LogP contribution in [0.5, 0.6) is 0 Å². The minimum absolute atomic E-state index is 0.0333. The molecule has 1 aromatic carbocycles. The second-order valence-electron chi connectivity index (χ2n) is 4.36. The van der Waals surface area contributed by atoms with Gasteiger partial charge < -0.3 is 5.73 Å². The van der Waals surface area contributed by atoms with Crippen molar-refractivity contribution < 1.29 is 4.79 Å². The van der Waals surface area contributed by atoms with Gasteiger partial charge in [0.1, 0.15) is 0 Å². The molecule has 1 rings (SSSR count). The van der Waals surface area contributed by atoms with Crippen molar-refractivity contribution >= 4 is 34.7 Å². The zero-order chi connectivity index (χ0) is 13.9. The van der Waals surface area contributed by atoms with E-state index in [1.807, 2.05) is 20.8 Å². The molecule has 0 saturated heterocycles. The van der Waals surface area contributed by atoms with Crippen molar-refractivity contribution in [1.29, 1.82) is 0 Å². The molecular weight excluding hydrogens is 269 g/mol. The van der Waals surface area contributed by atoms with Crippen LogP contribution in [0, 0.1) is 5.92 Å². The van der Waals surface area contributed by atoms with Crippen LogP contribution in [0.25, 0.3) is 5.70 Å². The lowest BCUT2D eigenvalue weighted by molar-refractivity contribution is -0.118. The molecule has 0 heterocycles. The summed E-state index contributed by atoms with van der Waals surface area (Å²) >= 11 is 12.2. The maximum Gasteiger partial charge on any atom is 0.163 e. The van der Waals surface area contributed by atoms with Gasteiger partial charge in [0.05, 0.1) is 10.0 Å². The van der Waals surface area contributed by atoms with Crippen LogP contribution in [-0.2, 0) is 4.79 Å². The molecule has 0 aliphatic rings. The van der Waals surface area contributed by atoms with Crippen LogP contribution in [0.15, 0.2) is 23.8 Å². The summed E-state index contributed by atoms with van der Waals surface area (Å²) in [7, 11) is 0. The molecule has 0 unspecified atom stereocenters. The molecule has 0 spiro atoms. The minimum Gasteiger partial charge on any atom is -0.398 e. The van der Waals surface area contributed by atoms with Gasteiger partial charge >= 0.3 is 0 Å². The largest absolute Gasteiger partial charge is 0.398 e. The Kier molecular flexibility index (Phi) is 5.24. The molecule has 1 aromatic rings. The number of hydrogen-bond acceptors (Lipinski definition) is 2. The molecule has 0 atom stereocenters. The first-order chi connectivity index (χ1) is 8.40. The van der Waals surface area contributed by atoms with E-state index >= 15 is 0 Å². The average molecular weight is 286 g/mol. The summed E-state index contributed by atoms with van der Waals surface area (Å²) in [4.78, 5) is 12.1. The lowest BCUT2D eigenvalue weighted by atomic mass is 9.95. The summed E-state index contributed by atoms with van der Waals surface area (Å²) in [6.07, 6.45) is 0.560. The fourth-order valence-electron chi connectivity index (χ4n) is 1.75. The molecule has 0 radical (unpaired) electrons. The minimum atomic E-state index is -0.0974. The SMILES string of the molecule is CCC(C(=O)C(C)C)=C(N)c1c(Cl)cccc1Cl. The van der Waals surface area contributed by atoms with E-state index in [4.69, 9.17) is 28.9 Å². The van der Waals surface area contributed by atoms with Gasteiger partial charge in [0.25, 0.3) is 0 Å². The molecule has 2 N–H and O–H groups in total. The van der Waals surface area contributed by atoms with Gasteiger partial charge in [0.15, 0.2) is 5.78 Å². The van der Waals surface area contributed by atoms with E-state index < -0.39 is 0 Å². The van der Waals surface area contributed by atoms with Gasteiger partial charge in [-0.3, -0.25) is 4.79 Å². The third kappa shape index (κ3) is 3.06. The molecule has 0 aliphatic carbocycles. The molecule has 0 bridgehead atoms. The van der Waals surface area contributed by atoms with E-state index in [0.717, 1.165) is 0 Å². The Balaban J connectivity index is 3.41. The van der Waals surface area contributed by atoms with Crippen molar-refractivity contribution in [3.05, 3.63) is 39.4 Å². The number of Topliss-reactive ketones (excluding diaryl/α,β-unsaturated/α-hetero) is 1. The van der Waals surface area contributed by atoms with Crippen LogP contribution >= 0.6 is 23.2 Å². The second kappa shape index (κ2) is 6.26. The molecule has 0 aliphatic heterocycles. The van der Waals surface area contributed by atoms with Gasteiger partial charge in [-0.15, -0.1) is 0 Å². The summed E-state index contributed by atoms with van der Waals surface area (Å²) in [5.41, 5.74) is 7.59. The van der Waals surface area contributed by atoms with E-state index in [1.54, 1.807) is 18.2 Å². The standard InChI is InChI=1S/C14H17Cl2NO/c1-4-9(14(18)8(2)3)13(17)12-10(15)6-5-7-11(12)16/h5-8H,4,17H2,1-3H3. The number of carbonyl (C=O) groups excluding carboxylic acids is 1. The predicted molar refractivity (Wildman–Crippen MR) is 77.7 cm³/mol. The Bertz CT molecular complexity index is 472. The van der Waals surface area contributed by atoms with Crippen LogP contribution in [0.1, 0.15) is 32.8 Å². The van der Waals surface area contributed by atoms with Gasteiger partial charge in [-0.25, -0.2) is 0 Å². The maximum absolute atomic E-state index is 12.1. The normalized spacial score (nSPS) is 12.6. The third-order valence-corrected chi connectivity index (χ3v) is 3.36. The molecular formula is C14H17Cl2NO. The summed E-state index contributed by atoms with van der Waals surface area (Å²) in [5, 5.41) is 0.921. The third-order valence-electron chi connectivity index (χ3n) is 2.73. The molecule has 2 nitrogen and oxygen atoms in total. The van der Waals surface area contributed by atoms with Crippen molar-refractivity contribution in [1.82, 2.24) is 0 Å². The van der Waals surface area contributed by atoms with E-state index in [0.29, 0.717) is 33.3 Å². The first-order valence-corrected chi connectivity index (χ1v) is 6.62. The highest BCUT2D eigenvalue weighted by Crippen LogP contribution is 2.31. The van der Waals surface area contributed by atoms with E-state index in [9.17, 15) is 4.79 Å². The first-order valence-electron chi connectivity index (χ1n) is 5.87. The molecule has 0 saturated carbocycles. The summed E-state index contributed by atoms with van der Waals surface area (Å²) < 4.78 is 0. The number of hydrogen-bond donors (Lipinski definition) is 1. The highest BCUT2D eigenvalue weighted by Gasteiger charge is 2.19. The maximum atomic E-state index is 12.1. The van der Waals surface area contributed by atoms with Crippen molar-refractivity contribution in [3.8, 4) is 0 Å². The Morgan fingerprint density at radius 1 is 1.28 bits per heavy atom. The Morgan fingerprint density at radius 2 is 1.78 bits per heavy atom. The Hall–Kier alpha value is -0.990. The highest BCUT2D eigenvalue weighted by atomic mass is 35.5. The van der Waals surface area contributed by atoms with Gasteiger partial charge in [-0.2, -0.15) is 0 Å². The number of benzene rings is 1. The van der Waals surface area contributed by atoms with Gasteiger partial charge in [-0.1, -0.05) is 50.0 Å². The molecule has 18 heavy (non-hydrogen) atoms. The summed E-state index contributed by atoms with van der Waals surface area (Å²) in [6.45, 7) is 5.59. The number of nitrogens with two attached hydrogens (primary N) is 1. The van der Waals surface area contributed by atoms with Gasteiger partial charge in [0, 0.05) is 22.8 Å². The van der Waals surface area contributed by atoms with Crippen molar-refractivity contribution in [2.24, 2.45) is 11.7 Å². The number of halogens is 2. The number of ketones is 1. The van der Waals surface area contributed by atoms with Gasteiger partial charge in [-0.05, 0) is 18.6 Å². The van der Waals surface area contributed by atoms with E-state index in [-0.39, 0.29) is 11.7 Å². The smallest absolute Gasteiger partial charge is 0.163 e. The number of allylic oxidation sites excluding steroid dienone is 1. The van der Waals surface area contributed by atoms with E-state index in [2.05, 4.69) is 0 Å². The number of carbonyl (C=O) groups is 1. The zero-order valence-corrected chi connectivity index (χ0v) is 12.3. The molecule has 0 fully saturated rings. The van der Waals surface area contributed by atoms with Crippen LogP contribution < -0.4 is 5.73 Å².